The number of ether oxygens (including phenoxy) is 1. The van der Waals surface area contributed by atoms with Gasteiger partial charge >= 0.3 is 5.97 Å². The molecule has 1 heterocycles. The third-order valence-corrected chi connectivity index (χ3v) is 3.03. The van der Waals surface area contributed by atoms with E-state index in [4.69, 9.17) is 10.5 Å². The van der Waals surface area contributed by atoms with E-state index in [0.717, 1.165) is 38.8 Å². The first-order valence-electron chi connectivity index (χ1n) is 6.19. The van der Waals surface area contributed by atoms with E-state index >= 15 is 0 Å². The molecule has 1 aliphatic rings. The van der Waals surface area contributed by atoms with E-state index in [-0.39, 0.29) is 17.5 Å². The Bertz CT molecular complexity index is 223. The Balaban J connectivity index is 2.36. The number of hydrogen-bond donors (Lipinski definition) is 2. The molecule has 0 bridgehead atoms. The van der Waals surface area contributed by atoms with Crippen LogP contribution in [0, 0.1) is 5.92 Å². The second-order valence-corrected chi connectivity index (χ2v) is 5.10. The van der Waals surface area contributed by atoms with Crippen LogP contribution in [0.4, 0.5) is 0 Å². The molecule has 16 heavy (non-hydrogen) atoms. The van der Waals surface area contributed by atoms with Crippen molar-refractivity contribution in [2.24, 2.45) is 11.7 Å². The van der Waals surface area contributed by atoms with Gasteiger partial charge in [-0.3, -0.25) is 4.79 Å². The van der Waals surface area contributed by atoms with Gasteiger partial charge in [0.1, 0.15) is 5.60 Å². The number of carbonyl (C=O) groups is 1. The summed E-state index contributed by atoms with van der Waals surface area (Å²) >= 11 is 0. The van der Waals surface area contributed by atoms with E-state index in [2.05, 4.69) is 5.32 Å². The number of nitrogens with one attached hydrogen (secondary N) is 1. The third-order valence-electron chi connectivity index (χ3n) is 3.03. The van der Waals surface area contributed by atoms with Crippen LogP contribution >= 0.6 is 0 Å². The van der Waals surface area contributed by atoms with Gasteiger partial charge in [-0.1, -0.05) is 0 Å². The van der Waals surface area contributed by atoms with Gasteiger partial charge in [-0.2, -0.15) is 0 Å². The van der Waals surface area contributed by atoms with Crippen LogP contribution in [0.1, 0.15) is 39.5 Å². The monoisotopic (exact) mass is 228 g/mol. The Morgan fingerprint density at radius 1 is 1.44 bits per heavy atom. The summed E-state index contributed by atoms with van der Waals surface area (Å²) in [5.41, 5.74) is 5.09. The maximum Gasteiger partial charge on any atom is 0.309 e. The Hall–Kier alpha value is -0.610. The molecule has 0 unspecified atom stereocenters. The summed E-state index contributed by atoms with van der Waals surface area (Å²) < 4.78 is 5.56. The predicted molar refractivity (Wildman–Crippen MR) is 64.1 cm³/mol. The molecule has 0 aromatic carbocycles. The van der Waals surface area contributed by atoms with Crippen LogP contribution < -0.4 is 11.1 Å². The molecule has 1 saturated heterocycles. The Kier molecular flexibility index (Phi) is 5.22. The van der Waals surface area contributed by atoms with Crippen molar-refractivity contribution in [1.82, 2.24) is 5.32 Å². The van der Waals surface area contributed by atoms with E-state index in [9.17, 15) is 4.79 Å². The van der Waals surface area contributed by atoms with Crippen LogP contribution in [0.2, 0.25) is 0 Å². The summed E-state index contributed by atoms with van der Waals surface area (Å²) in [6.07, 6.45) is 3.52. The van der Waals surface area contributed by atoms with Gasteiger partial charge in [0, 0.05) is 0 Å². The molecule has 1 aliphatic heterocycles. The largest absolute Gasteiger partial charge is 0.459 e. The standard InChI is InChI=1S/C12H24N2O2/c1-12(2,6-3-7-13)16-11(15)10-4-8-14-9-5-10/h10,14H,3-9,13H2,1-2H3. The van der Waals surface area contributed by atoms with Gasteiger partial charge in [-0.25, -0.2) is 0 Å². The first-order chi connectivity index (χ1) is 7.55. The summed E-state index contributed by atoms with van der Waals surface area (Å²) in [5, 5.41) is 3.24. The van der Waals surface area contributed by atoms with E-state index in [0.29, 0.717) is 6.54 Å². The lowest BCUT2D eigenvalue weighted by Gasteiger charge is -2.29. The lowest BCUT2D eigenvalue weighted by Crippen LogP contribution is -2.37. The lowest BCUT2D eigenvalue weighted by atomic mass is 9.97. The van der Waals surface area contributed by atoms with E-state index in [1.807, 2.05) is 13.8 Å². The zero-order chi connectivity index (χ0) is 12.0. The van der Waals surface area contributed by atoms with Gasteiger partial charge in [0.15, 0.2) is 0 Å². The second kappa shape index (κ2) is 6.21. The van der Waals surface area contributed by atoms with Crippen molar-refractivity contribution in [2.45, 2.75) is 45.1 Å². The van der Waals surface area contributed by atoms with Gasteiger partial charge in [0.05, 0.1) is 5.92 Å². The van der Waals surface area contributed by atoms with Crippen molar-refractivity contribution in [3.63, 3.8) is 0 Å². The molecule has 94 valence electrons. The molecule has 0 aliphatic carbocycles. The normalized spacial score (nSPS) is 18.4. The van der Waals surface area contributed by atoms with Crippen LogP contribution in [0.25, 0.3) is 0 Å². The van der Waals surface area contributed by atoms with Crippen LogP contribution in [-0.4, -0.2) is 31.2 Å². The van der Waals surface area contributed by atoms with Crippen molar-refractivity contribution in [2.75, 3.05) is 19.6 Å². The van der Waals surface area contributed by atoms with E-state index < -0.39 is 0 Å². The SMILES string of the molecule is CC(C)(CCCN)OC(=O)C1CCNCC1. The molecule has 1 rings (SSSR count). The minimum atomic E-state index is -0.374. The first-order valence-corrected chi connectivity index (χ1v) is 6.19. The van der Waals surface area contributed by atoms with Crippen molar-refractivity contribution in [1.29, 1.82) is 0 Å². The zero-order valence-electron chi connectivity index (χ0n) is 10.4. The number of carbonyl (C=O) groups excluding carboxylic acids is 1. The van der Waals surface area contributed by atoms with Crippen molar-refractivity contribution >= 4 is 5.97 Å². The predicted octanol–water partition coefficient (Wildman–Crippen LogP) is 1.05. The van der Waals surface area contributed by atoms with Crippen LogP contribution in [-0.2, 0) is 9.53 Å². The molecule has 0 aromatic rings. The molecule has 0 radical (unpaired) electrons. The van der Waals surface area contributed by atoms with Crippen LogP contribution in [0.3, 0.4) is 0 Å². The fourth-order valence-electron chi connectivity index (χ4n) is 1.99. The Labute approximate surface area is 97.9 Å². The highest BCUT2D eigenvalue weighted by atomic mass is 16.6. The summed E-state index contributed by atoms with van der Waals surface area (Å²) in [6.45, 7) is 6.41. The molecule has 1 fully saturated rings. The highest BCUT2D eigenvalue weighted by molar-refractivity contribution is 5.73. The van der Waals surface area contributed by atoms with Crippen molar-refractivity contribution in [3.05, 3.63) is 0 Å². The average molecular weight is 228 g/mol. The number of hydrogen-bond acceptors (Lipinski definition) is 4. The van der Waals surface area contributed by atoms with Crippen molar-refractivity contribution < 1.29 is 9.53 Å². The van der Waals surface area contributed by atoms with E-state index in [1.165, 1.54) is 0 Å². The average Bonchev–Trinajstić information content (AvgIpc) is 2.27. The van der Waals surface area contributed by atoms with Gasteiger partial charge < -0.3 is 15.8 Å². The topological polar surface area (TPSA) is 64.3 Å². The molecule has 0 spiro atoms. The summed E-state index contributed by atoms with van der Waals surface area (Å²) in [7, 11) is 0. The molecule has 3 N–H and O–H groups in total. The second-order valence-electron chi connectivity index (χ2n) is 5.10. The summed E-state index contributed by atoms with van der Waals surface area (Å²) in [4.78, 5) is 11.9. The smallest absolute Gasteiger partial charge is 0.309 e. The number of rotatable bonds is 5. The van der Waals surface area contributed by atoms with Gasteiger partial charge in [-0.15, -0.1) is 0 Å². The quantitative estimate of drug-likeness (QED) is 0.690. The minimum Gasteiger partial charge on any atom is -0.459 e. The fraction of sp³-hybridized carbons (Fsp3) is 0.917. The highest BCUT2D eigenvalue weighted by Crippen LogP contribution is 2.21. The summed E-state index contributed by atoms with van der Waals surface area (Å²) in [5.74, 6) is 0.0434. The molecular weight excluding hydrogens is 204 g/mol. The van der Waals surface area contributed by atoms with Gasteiger partial charge in [0.2, 0.25) is 0 Å². The molecular formula is C12H24N2O2. The molecule has 0 atom stereocenters. The molecule has 0 amide bonds. The third kappa shape index (κ3) is 4.49. The van der Waals surface area contributed by atoms with E-state index in [1.54, 1.807) is 0 Å². The Morgan fingerprint density at radius 3 is 2.62 bits per heavy atom. The van der Waals surface area contributed by atoms with Gasteiger partial charge in [-0.05, 0) is 59.2 Å². The number of nitrogens with two attached hydrogens (primary N) is 1. The van der Waals surface area contributed by atoms with Crippen LogP contribution in [0.15, 0.2) is 0 Å². The number of piperidine rings is 1. The Morgan fingerprint density at radius 2 is 2.06 bits per heavy atom. The number of esters is 1. The molecule has 4 heteroatoms. The minimum absolute atomic E-state index is 0.0384. The van der Waals surface area contributed by atoms with Gasteiger partial charge in [0.25, 0.3) is 0 Å². The maximum absolute atomic E-state index is 11.9. The first kappa shape index (κ1) is 13.5. The maximum atomic E-state index is 11.9. The molecule has 4 nitrogen and oxygen atoms in total. The lowest BCUT2D eigenvalue weighted by molar-refractivity contribution is -0.163. The fourth-order valence-corrected chi connectivity index (χ4v) is 1.99. The molecule has 0 saturated carbocycles. The zero-order valence-corrected chi connectivity index (χ0v) is 10.4. The van der Waals surface area contributed by atoms with Crippen LogP contribution in [0.5, 0.6) is 0 Å². The summed E-state index contributed by atoms with van der Waals surface area (Å²) in [6, 6.07) is 0. The highest BCUT2D eigenvalue weighted by Gasteiger charge is 2.28. The van der Waals surface area contributed by atoms with Crippen molar-refractivity contribution in [3.8, 4) is 0 Å². The molecule has 0 aromatic heterocycles.